The number of hydrogen-bond donors (Lipinski definition) is 1. The zero-order valence-electron chi connectivity index (χ0n) is 13.9. The second-order valence-corrected chi connectivity index (χ2v) is 7.43. The van der Waals surface area contributed by atoms with Gasteiger partial charge >= 0.3 is 5.97 Å². The predicted molar refractivity (Wildman–Crippen MR) is 96.1 cm³/mol. The molecule has 1 aromatic rings. The van der Waals surface area contributed by atoms with Crippen LogP contribution in [0.15, 0.2) is 29.2 Å². The van der Waals surface area contributed by atoms with Gasteiger partial charge in [-0.1, -0.05) is 42.7 Å². The molecular formula is C19H25NO2S. The quantitative estimate of drug-likeness (QED) is 0.846. The Morgan fingerprint density at radius 3 is 2.74 bits per heavy atom. The Morgan fingerprint density at radius 2 is 2.00 bits per heavy atom. The van der Waals surface area contributed by atoms with Crippen LogP contribution in [0.2, 0.25) is 0 Å². The average molecular weight is 331 g/mol. The Balaban J connectivity index is 1.97. The zero-order chi connectivity index (χ0) is 16.2. The summed E-state index contributed by atoms with van der Waals surface area (Å²) in [4.78, 5) is 13.2. The molecule has 0 spiro atoms. The van der Waals surface area contributed by atoms with E-state index in [0.29, 0.717) is 18.6 Å². The lowest BCUT2D eigenvalue weighted by Crippen LogP contribution is -2.37. The van der Waals surface area contributed by atoms with E-state index in [1.807, 2.05) is 6.92 Å². The molecule has 0 saturated heterocycles. The summed E-state index contributed by atoms with van der Waals surface area (Å²) >= 11 is 1.67. The van der Waals surface area contributed by atoms with Gasteiger partial charge in [0.1, 0.15) is 4.91 Å². The number of hydrogen-bond acceptors (Lipinski definition) is 4. The fraction of sp³-hybridized carbons (Fsp3) is 0.526. The molecule has 1 saturated carbocycles. The molecule has 1 fully saturated rings. The van der Waals surface area contributed by atoms with Crippen LogP contribution in [0.3, 0.4) is 0 Å². The van der Waals surface area contributed by atoms with Crippen LogP contribution in [0.1, 0.15) is 43.7 Å². The monoisotopic (exact) mass is 331 g/mol. The summed E-state index contributed by atoms with van der Waals surface area (Å²) in [6.07, 6.45) is 5.02. The minimum absolute atomic E-state index is 0.195. The minimum Gasteiger partial charge on any atom is -0.462 e. The molecular weight excluding hydrogens is 306 g/mol. The van der Waals surface area contributed by atoms with Crippen LogP contribution in [0.5, 0.6) is 0 Å². The average Bonchev–Trinajstić information content (AvgIpc) is 2.75. The Kier molecular flexibility index (Phi) is 5.31. The summed E-state index contributed by atoms with van der Waals surface area (Å²) in [6, 6.07) is 8.86. The van der Waals surface area contributed by atoms with Crippen molar-refractivity contribution in [2.24, 2.45) is 5.92 Å². The maximum Gasteiger partial charge on any atom is 0.346 e. The number of esters is 1. The molecule has 1 aromatic carbocycles. The second-order valence-electron chi connectivity index (χ2n) is 6.40. The van der Waals surface area contributed by atoms with Gasteiger partial charge in [0, 0.05) is 11.8 Å². The molecule has 124 valence electrons. The number of rotatable bonds is 3. The van der Waals surface area contributed by atoms with Gasteiger partial charge in [0.25, 0.3) is 0 Å². The summed E-state index contributed by atoms with van der Waals surface area (Å²) in [6.45, 7) is 4.35. The van der Waals surface area contributed by atoms with Crippen molar-refractivity contribution in [3.8, 4) is 0 Å². The van der Waals surface area contributed by atoms with Gasteiger partial charge in [0.2, 0.25) is 0 Å². The molecule has 1 aliphatic carbocycles. The highest BCUT2D eigenvalue weighted by atomic mass is 32.2. The van der Waals surface area contributed by atoms with Crippen molar-refractivity contribution in [1.29, 1.82) is 0 Å². The summed E-state index contributed by atoms with van der Waals surface area (Å²) < 4.78 is 5.31. The number of aryl methyl sites for hydroxylation is 1. The number of carbonyl (C=O) groups excluding carboxylic acids is 1. The summed E-state index contributed by atoms with van der Waals surface area (Å²) in [7, 11) is 0. The van der Waals surface area contributed by atoms with Gasteiger partial charge < -0.3 is 10.1 Å². The molecule has 3 rings (SSSR count). The normalized spacial score (nSPS) is 24.4. The van der Waals surface area contributed by atoms with Crippen LogP contribution < -0.4 is 5.32 Å². The smallest absolute Gasteiger partial charge is 0.346 e. The molecule has 23 heavy (non-hydrogen) atoms. The highest BCUT2D eigenvalue weighted by molar-refractivity contribution is 8.04. The van der Waals surface area contributed by atoms with Crippen molar-refractivity contribution < 1.29 is 9.53 Å². The molecule has 2 aliphatic rings. The van der Waals surface area contributed by atoms with Gasteiger partial charge in [-0.3, -0.25) is 0 Å². The van der Waals surface area contributed by atoms with Gasteiger partial charge in [-0.25, -0.2) is 4.79 Å². The first-order valence-corrected chi connectivity index (χ1v) is 9.55. The van der Waals surface area contributed by atoms with Crippen LogP contribution in [-0.4, -0.2) is 24.4 Å². The van der Waals surface area contributed by atoms with E-state index < -0.39 is 0 Å². The lowest BCUT2D eigenvalue weighted by atomic mass is 9.85. The third kappa shape index (κ3) is 3.74. The lowest BCUT2D eigenvalue weighted by Gasteiger charge is -2.31. The molecule has 0 bridgehead atoms. The fourth-order valence-corrected chi connectivity index (χ4v) is 4.68. The van der Waals surface area contributed by atoms with Gasteiger partial charge in [0.05, 0.1) is 12.3 Å². The molecule has 4 heteroatoms. The van der Waals surface area contributed by atoms with Crippen molar-refractivity contribution in [2.75, 3.05) is 12.4 Å². The number of thioether (sulfide) groups is 1. The molecule has 0 amide bonds. The van der Waals surface area contributed by atoms with E-state index in [-0.39, 0.29) is 5.97 Å². The van der Waals surface area contributed by atoms with Gasteiger partial charge in [-0.15, -0.1) is 11.8 Å². The SMILES string of the molecule is CCOC(=O)C1=C(c2ccc(C)cc2)N[C@@H]2CCCC[C@@H]2CS1. The van der Waals surface area contributed by atoms with Crippen LogP contribution in [0, 0.1) is 12.8 Å². The Morgan fingerprint density at radius 1 is 1.26 bits per heavy atom. The van der Waals surface area contributed by atoms with E-state index in [1.165, 1.54) is 31.2 Å². The maximum atomic E-state index is 12.5. The zero-order valence-corrected chi connectivity index (χ0v) is 14.7. The van der Waals surface area contributed by atoms with Crippen molar-refractivity contribution in [2.45, 2.75) is 45.6 Å². The van der Waals surface area contributed by atoms with Crippen molar-refractivity contribution in [3.63, 3.8) is 0 Å². The van der Waals surface area contributed by atoms with Crippen LogP contribution in [0.25, 0.3) is 5.70 Å². The Hall–Kier alpha value is -1.42. The predicted octanol–water partition coefficient (Wildman–Crippen LogP) is 4.12. The minimum atomic E-state index is -0.195. The van der Waals surface area contributed by atoms with E-state index in [2.05, 4.69) is 36.5 Å². The van der Waals surface area contributed by atoms with Gasteiger partial charge in [-0.2, -0.15) is 0 Å². The number of ether oxygens (including phenoxy) is 1. The second kappa shape index (κ2) is 7.43. The molecule has 0 unspecified atom stereocenters. The number of fused-ring (bicyclic) bond motifs is 1. The van der Waals surface area contributed by atoms with E-state index in [1.54, 1.807) is 11.8 Å². The summed E-state index contributed by atoms with van der Waals surface area (Å²) in [5, 5.41) is 3.70. The molecule has 3 nitrogen and oxygen atoms in total. The topological polar surface area (TPSA) is 38.3 Å². The maximum absolute atomic E-state index is 12.5. The molecule has 1 N–H and O–H groups in total. The van der Waals surface area contributed by atoms with Gasteiger partial charge in [-0.05, 0) is 38.2 Å². The summed E-state index contributed by atoms with van der Waals surface area (Å²) in [5.74, 6) is 1.45. The standard InChI is InChI=1S/C19H25NO2S/c1-3-22-19(21)18-17(14-10-8-13(2)9-11-14)20-16-7-5-4-6-15(16)12-23-18/h8-11,15-16,20H,3-7,12H2,1-2H3/t15-,16-/m1/s1. The highest BCUT2D eigenvalue weighted by Crippen LogP contribution is 2.37. The van der Waals surface area contributed by atoms with Gasteiger partial charge in [0.15, 0.2) is 0 Å². The highest BCUT2D eigenvalue weighted by Gasteiger charge is 2.32. The third-order valence-corrected chi connectivity index (χ3v) is 5.96. The number of benzene rings is 1. The first-order valence-electron chi connectivity index (χ1n) is 8.56. The van der Waals surface area contributed by atoms with Crippen molar-refractivity contribution >= 4 is 23.4 Å². The Labute approximate surface area is 142 Å². The third-order valence-electron chi connectivity index (χ3n) is 4.71. The number of nitrogens with one attached hydrogen (secondary N) is 1. The number of carbonyl (C=O) groups is 1. The van der Waals surface area contributed by atoms with E-state index in [0.717, 1.165) is 21.9 Å². The van der Waals surface area contributed by atoms with Crippen LogP contribution in [-0.2, 0) is 9.53 Å². The van der Waals surface area contributed by atoms with Crippen molar-refractivity contribution in [1.82, 2.24) is 5.32 Å². The molecule has 0 aromatic heterocycles. The summed E-state index contributed by atoms with van der Waals surface area (Å²) in [5.41, 5.74) is 3.27. The lowest BCUT2D eigenvalue weighted by molar-refractivity contribution is -0.137. The van der Waals surface area contributed by atoms with Crippen molar-refractivity contribution in [3.05, 3.63) is 40.3 Å². The first kappa shape index (κ1) is 16.4. The largest absolute Gasteiger partial charge is 0.462 e. The molecule has 0 radical (unpaired) electrons. The van der Waals surface area contributed by atoms with Crippen LogP contribution >= 0.6 is 11.8 Å². The Bertz CT molecular complexity index is 594. The molecule has 1 aliphatic heterocycles. The van der Waals surface area contributed by atoms with E-state index >= 15 is 0 Å². The van der Waals surface area contributed by atoms with E-state index in [9.17, 15) is 4.79 Å². The molecule has 1 heterocycles. The van der Waals surface area contributed by atoms with E-state index in [4.69, 9.17) is 4.74 Å². The van der Waals surface area contributed by atoms with Crippen LogP contribution in [0.4, 0.5) is 0 Å². The molecule has 2 atom stereocenters. The fourth-order valence-electron chi connectivity index (χ4n) is 3.40. The first-order chi connectivity index (χ1) is 11.2.